The van der Waals surface area contributed by atoms with Gasteiger partial charge in [0, 0.05) is 24.9 Å². The minimum Gasteiger partial charge on any atom is -0.355 e. The van der Waals surface area contributed by atoms with E-state index in [2.05, 4.69) is 27.4 Å². The Morgan fingerprint density at radius 1 is 1.43 bits per heavy atom. The van der Waals surface area contributed by atoms with Crippen LogP contribution in [-0.2, 0) is 0 Å². The summed E-state index contributed by atoms with van der Waals surface area (Å²) in [5.41, 5.74) is 0. The van der Waals surface area contributed by atoms with Crippen LogP contribution in [0.25, 0.3) is 0 Å². The van der Waals surface area contributed by atoms with E-state index in [0.29, 0.717) is 6.04 Å². The summed E-state index contributed by atoms with van der Waals surface area (Å²) in [6, 6.07) is 0.692. The third kappa shape index (κ3) is 3.08. The number of hydrogen-bond acceptors (Lipinski definition) is 2. The molecule has 1 aliphatic heterocycles. The summed E-state index contributed by atoms with van der Waals surface area (Å²) in [4.78, 5) is 4.21. The Kier molecular flexibility index (Phi) is 3.56. The molecule has 2 fully saturated rings. The van der Waals surface area contributed by atoms with Crippen LogP contribution >= 0.6 is 11.8 Å². The van der Waals surface area contributed by atoms with Crippen molar-refractivity contribution in [1.82, 2.24) is 10.6 Å². The zero-order chi connectivity index (χ0) is 9.80. The number of nitrogens with one attached hydrogen (secondary N) is 2. The van der Waals surface area contributed by atoms with E-state index in [9.17, 15) is 0 Å². The van der Waals surface area contributed by atoms with E-state index in [-0.39, 0.29) is 0 Å². The van der Waals surface area contributed by atoms with Crippen molar-refractivity contribution in [1.29, 1.82) is 0 Å². The quantitative estimate of drug-likeness (QED) is 0.546. The maximum atomic E-state index is 4.21. The van der Waals surface area contributed by atoms with Crippen molar-refractivity contribution in [3.63, 3.8) is 0 Å². The van der Waals surface area contributed by atoms with Gasteiger partial charge >= 0.3 is 0 Å². The van der Waals surface area contributed by atoms with Crippen molar-refractivity contribution in [2.24, 2.45) is 4.99 Å². The first-order chi connectivity index (χ1) is 6.88. The van der Waals surface area contributed by atoms with Gasteiger partial charge < -0.3 is 10.6 Å². The lowest BCUT2D eigenvalue weighted by Gasteiger charge is -2.14. The van der Waals surface area contributed by atoms with Gasteiger partial charge in [-0.15, -0.1) is 0 Å². The first kappa shape index (κ1) is 10.1. The first-order valence-electron chi connectivity index (χ1n) is 5.47. The van der Waals surface area contributed by atoms with Crippen molar-refractivity contribution in [3.05, 3.63) is 0 Å². The molecule has 80 valence electrons. The number of guanidine groups is 1. The summed E-state index contributed by atoms with van der Waals surface area (Å²) in [5.74, 6) is 2.32. The second-order valence-electron chi connectivity index (χ2n) is 4.01. The third-order valence-corrected chi connectivity index (χ3v) is 4.06. The Morgan fingerprint density at radius 3 is 2.86 bits per heavy atom. The van der Waals surface area contributed by atoms with E-state index < -0.39 is 0 Å². The van der Waals surface area contributed by atoms with E-state index >= 15 is 0 Å². The molecule has 0 aromatic rings. The smallest absolute Gasteiger partial charge is 0.191 e. The molecule has 0 aromatic heterocycles. The number of rotatable bonds is 3. The lowest BCUT2D eigenvalue weighted by molar-refractivity contribution is 0.725. The highest BCUT2D eigenvalue weighted by atomic mass is 32.2. The number of nitrogens with zero attached hydrogens (tertiary/aromatic N) is 1. The molecular weight excluding hydrogens is 194 g/mol. The zero-order valence-electron chi connectivity index (χ0n) is 8.75. The molecule has 4 heteroatoms. The lowest BCUT2D eigenvalue weighted by Crippen LogP contribution is -2.41. The molecule has 0 amide bonds. The van der Waals surface area contributed by atoms with E-state index in [4.69, 9.17) is 0 Å². The van der Waals surface area contributed by atoms with E-state index in [1.807, 2.05) is 7.05 Å². The standard InChI is InChI=1S/C10H19N3S/c1-11-10(13-8-4-5-8)12-7-9-3-2-6-14-9/h8-9H,2-7H2,1H3,(H2,11,12,13). The molecule has 2 rings (SSSR count). The summed E-state index contributed by atoms with van der Waals surface area (Å²) in [7, 11) is 1.85. The van der Waals surface area contributed by atoms with Gasteiger partial charge in [0.1, 0.15) is 0 Å². The van der Waals surface area contributed by atoms with Crippen LogP contribution in [0.2, 0.25) is 0 Å². The molecule has 1 atom stereocenters. The van der Waals surface area contributed by atoms with Crippen LogP contribution in [0, 0.1) is 0 Å². The number of thioether (sulfide) groups is 1. The second-order valence-corrected chi connectivity index (χ2v) is 5.42. The van der Waals surface area contributed by atoms with Crippen LogP contribution in [0.5, 0.6) is 0 Å². The fourth-order valence-corrected chi connectivity index (χ4v) is 2.83. The van der Waals surface area contributed by atoms with Crippen molar-refractivity contribution in [2.75, 3.05) is 19.3 Å². The van der Waals surface area contributed by atoms with Gasteiger partial charge in [-0.1, -0.05) is 0 Å². The summed E-state index contributed by atoms with van der Waals surface area (Å²) in [6.07, 6.45) is 5.35. The van der Waals surface area contributed by atoms with Gasteiger partial charge in [-0.3, -0.25) is 4.99 Å². The summed E-state index contributed by atoms with van der Waals surface area (Å²) in [6.45, 7) is 1.07. The Morgan fingerprint density at radius 2 is 2.29 bits per heavy atom. The molecule has 0 bridgehead atoms. The van der Waals surface area contributed by atoms with Gasteiger partial charge in [-0.25, -0.2) is 0 Å². The molecule has 1 heterocycles. The molecular formula is C10H19N3S. The van der Waals surface area contributed by atoms with E-state index in [0.717, 1.165) is 17.8 Å². The predicted molar refractivity (Wildman–Crippen MR) is 63.0 cm³/mol. The third-order valence-electron chi connectivity index (χ3n) is 2.66. The molecule has 1 unspecified atom stereocenters. The van der Waals surface area contributed by atoms with E-state index in [1.165, 1.54) is 31.4 Å². The Hall–Kier alpha value is -0.380. The molecule has 3 nitrogen and oxygen atoms in total. The van der Waals surface area contributed by atoms with Crippen LogP contribution in [0.4, 0.5) is 0 Å². The fourth-order valence-electron chi connectivity index (χ4n) is 1.63. The summed E-state index contributed by atoms with van der Waals surface area (Å²) in [5, 5.41) is 7.59. The molecule has 0 radical (unpaired) electrons. The monoisotopic (exact) mass is 213 g/mol. The van der Waals surface area contributed by atoms with Crippen LogP contribution in [-0.4, -0.2) is 36.6 Å². The molecule has 1 saturated heterocycles. The SMILES string of the molecule is CN=C(NCC1CCCS1)NC1CC1. The molecule has 1 saturated carbocycles. The van der Waals surface area contributed by atoms with Crippen LogP contribution in [0.1, 0.15) is 25.7 Å². The second kappa shape index (κ2) is 4.91. The highest BCUT2D eigenvalue weighted by Crippen LogP contribution is 2.25. The number of hydrogen-bond donors (Lipinski definition) is 2. The van der Waals surface area contributed by atoms with Gasteiger partial charge in [-0.2, -0.15) is 11.8 Å². The molecule has 2 aliphatic rings. The fraction of sp³-hybridized carbons (Fsp3) is 0.900. The minimum absolute atomic E-state index is 0.692. The molecule has 1 aliphatic carbocycles. The van der Waals surface area contributed by atoms with Gasteiger partial charge in [0.25, 0.3) is 0 Å². The Bertz CT molecular complexity index is 207. The maximum absolute atomic E-state index is 4.21. The van der Waals surface area contributed by atoms with E-state index in [1.54, 1.807) is 0 Å². The van der Waals surface area contributed by atoms with Crippen molar-refractivity contribution >= 4 is 17.7 Å². The average molecular weight is 213 g/mol. The predicted octanol–water partition coefficient (Wildman–Crippen LogP) is 1.21. The van der Waals surface area contributed by atoms with Crippen LogP contribution < -0.4 is 10.6 Å². The largest absolute Gasteiger partial charge is 0.355 e. The maximum Gasteiger partial charge on any atom is 0.191 e. The summed E-state index contributed by atoms with van der Waals surface area (Å²) < 4.78 is 0. The van der Waals surface area contributed by atoms with Gasteiger partial charge in [0.15, 0.2) is 5.96 Å². The average Bonchev–Trinajstić information content (AvgIpc) is 2.86. The molecule has 0 aromatic carbocycles. The van der Waals surface area contributed by atoms with Gasteiger partial charge in [-0.05, 0) is 31.4 Å². The Balaban J connectivity index is 1.65. The zero-order valence-corrected chi connectivity index (χ0v) is 9.57. The highest BCUT2D eigenvalue weighted by molar-refractivity contribution is 8.00. The Labute approximate surface area is 90.1 Å². The van der Waals surface area contributed by atoms with Gasteiger partial charge in [0.05, 0.1) is 0 Å². The first-order valence-corrected chi connectivity index (χ1v) is 6.52. The van der Waals surface area contributed by atoms with Crippen LogP contribution in [0.15, 0.2) is 4.99 Å². The van der Waals surface area contributed by atoms with Crippen molar-refractivity contribution in [2.45, 2.75) is 37.0 Å². The highest BCUT2D eigenvalue weighted by Gasteiger charge is 2.22. The summed E-state index contributed by atoms with van der Waals surface area (Å²) >= 11 is 2.08. The molecule has 0 spiro atoms. The lowest BCUT2D eigenvalue weighted by atomic mass is 10.2. The minimum atomic E-state index is 0.692. The number of aliphatic imine (C=N–C) groups is 1. The van der Waals surface area contributed by atoms with Gasteiger partial charge in [0.2, 0.25) is 0 Å². The topological polar surface area (TPSA) is 36.4 Å². The van der Waals surface area contributed by atoms with Crippen molar-refractivity contribution < 1.29 is 0 Å². The molecule has 2 N–H and O–H groups in total. The normalized spacial score (nSPS) is 27.8. The van der Waals surface area contributed by atoms with Crippen molar-refractivity contribution in [3.8, 4) is 0 Å². The van der Waals surface area contributed by atoms with Crippen LogP contribution in [0.3, 0.4) is 0 Å². The molecule has 14 heavy (non-hydrogen) atoms.